The lowest BCUT2D eigenvalue weighted by Gasteiger charge is -2.23. The number of aliphatic hydroxyl groups is 1. The zero-order valence-corrected chi connectivity index (χ0v) is 27.9. The first-order chi connectivity index (χ1) is 22.5. The summed E-state index contributed by atoms with van der Waals surface area (Å²) in [6.45, 7) is 8.19. The third-order valence-electron chi connectivity index (χ3n) is 9.00. The Balaban J connectivity index is 1.48. The number of amides is 1. The quantitative estimate of drug-likeness (QED) is 0.228. The number of carbonyl (C=O) groups is 2. The van der Waals surface area contributed by atoms with E-state index in [0.29, 0.717) is 24.3 Å². The number of ketones is 1. The zero-order chi connectivity index (χ0) is 33.7. The summed E-state index contributed by atoms with van der Waals surface area (Å²) >= 11 is 0. The van der Waals surface area contributed by atoms with Gasteiger partial charge in [-0.3, -0.25) is 14.4 Å². The summed E-state index contributed by atoms with van der Waals surface area (Å²) in [4.78, 5) is 42.5. The second kappa shape index (κ2) is 14.6. The van der Waals surface area contributed by atoms with E-state index in [1.54, 1.807) is 44.9 Å². The summed E-state index contributed by atoms with van der Waals surface area (Å²) in [5.74, 6) is -0.0321. The SMILES string of the molecule is COCCN1C[C@@H](CC(=O)Cc2c(C)c(-c3cc(C(=O)NC(C)(C)CO)c(=O)n(C)c3)nn2-c2ccccc2)[C@H](c2ccccc2)C1. The van der Waals surface area contributed by atoms with Gasteiger partial charge in [0.1, 0.15) is 11.3 Å². The summed E-state index contributed by atoms with van der Waals surface area (Å²) in [5.41, 5.74) is 3.36. The largest absolute Gasteiger partial charge is 0.394 e. The molecule has 3 heterocycles. The number of carbonyl (C=O) groups excluding carboxylic acids is 2. The van der Waals surface area contributed by atoms with Crippen molar-refractivity contribution in [2.75, 3.05) is 40.0 Å². The Morgan fingerprint density at radius 2 is 1.74 bits per heavy atom. The molecule has 0 bridgehead atoms. The Kier molecular flexibility index (Phi) is 10.5. The number of benzene rings is 2. The van der Waals surface area contributed by atoms with Crippen LogP contribution in [0.15, 0.2) is 77.7 Å². The summed E-state index contributed by atoms with van der Waals surface area (Å²) in [7, 11) is 3.30. The maximum atomic E-state index is 13.9. The van der Waals surface area contributed by atoms with Crippen molar-refractivity contribution >= 4 is 11.7 Å². The molecule has 10 heteroatoms. The van der Waals surface area contributed by atoms with Crippen LogP contribution in [0.5, 0.6) is 0 Å². The highest BCUT2D eigenvalue weighted by molar-refractivity contribution is 5.95. The van der Waals surface area contributed by atoms with Crippen molar-refractivity contribution < 1.29 is 19.4 Å². The number of ether oxygens (including phenoxy) is 1. The minimum atomic E-state index is -0.907. The average Bonchev–Trinajstić information content (AvgIpc) is 3.61. The number of nitrogens with zero attached hydrogens (tertiary/aromatic N) is 4. The Morgan fingerprint density at radius 1 is 1.06 bits per heavy atom. The van der Waals surface area contributed by atoms with Gasteiger partial charge in [0, 0.05) is 64.3 Å². The molecule has 4 aromatic rings. The molecule has 0 radical (unpaired) electrons. The van der Waals surface area contributed by atoms with Gasteiger partial charge in [-0.2, -0.15) is 5.10 Å². The number of nitrogens with one attached hydrogen (secondary N) is 1. The molecule has 0 saturated carbocycles. The van der Waals surface area contributed by atoms with Gasteiger partial charge in [0.05, 0.1) is 35.8 Å². The Morgan fingerprint density at radius 3 is 2.40 bits per heavy atom. The van der Waals surface area contributed by atoms with E-state index >= 15 is 0 Å². The molecular formula is C37H45N5O5. The number of pyridine rings is 1. The van der Waals surface area contributed by atoms with Crippen molar-refractivity contribution in [1.82, 2.24) is 24.6 Å². The highest BCUT2D eigenvalue weighted by Gasteiger charge is 2.35. The second-order valence-electron chi connectivity index (χ2n) is 13.2. The standard InChI is InChI=1S/C37H45N5O5/c1-25-33(20-30(44)18-27-22-41(16-17-47-5)23-32(27)26-12-8-6-9-13-26)42(29-14-10-7-11-15-29)39-34(25)28-19-31(36(46)40(4)21-28)35(45)38-37(2,3)24-43/h6-15,19,21,27,32,43H,16-18,20,22-24H2,1-5H3,(H,38,45)/t27-,32+/m1/s1. The van der Waals surface area contributed by atoms with Crippen molar-refractivity contribution in [2.45, 2.75) is 45.1 Å². The summed E-state index contributed by atoms with van der Waals surface area (Å²) in [6, 6.07) is 21.6. The summed E-state index contributed by atoms with van der Waals surface area (Å²) in [5, 5.41) is 17.4. The lowest BCUT2D eigenvalue weighted by atomic mass is 9.85. The molecule has 2 atom stereocenters. The van der Waals surface area contributed by atoms with E-state index in [1.807, 2.05) is 43.3 Å². The van der Waals surface area contributed by atoms with Gasteiger partial charge in [-0.15, -0.1) is 0 Å². The first-order valence-corrected chi connectivity index (χ1v) is 16.1. The lowest BCUT2D eigenvalue weighted by molar-refractivity contribution is -0.119. The van der Waals surface area contributed by atoms with Gasteiger partial charge >= 0.3 is 0 Å². The number of methoxy groups -OCH3 is 1. The van der Waals surface area contributed by atoms with E-state index in [4.69, 9.17) is 9.84 Å². The van der Waals surface area contributed by atoms with Crippen LogP contribution in [0.2, 0.25) is 0 Å². The number of hydrogen-bond donors (Lipinski definition) is 2. The second-order valence-corrected chi connectivity index (χ2v) is 13.2. The maximum Gasteiger partial charge on any atom is 0.263 e. The van der Waals surface area contributed by atoms with Gasteiger partial charge in [0.15, 0.2) is 0 Å². The van der Waals surface area contributed by atoms with E-state index in [0.717, 1.165) is 36.6 Å². The number of Topliss-reactive ketones (excluding diaryl/α,β-unsaturated/α-hetero) is 1. The van der Waals surface area contributed by atoms with Crippen molar-refractivity contribution in [3.63, 3.8) is 0 Å². The topological polar surface area (TPSA) is 119 Å². The molecule has 248 valence electrons. The lowest BCUT2D eigenvalue weighted by Crippen LogP contribution is -2.47. The number of rotatable bonds is 13. The summed E-state index contributed by atoms with van der Waals surface area (Å²) in [6.07, 6.45) is 2.28. The molecule has 0 unspecified atom stereocenters. The molecule has 1 amide bonds. The molecule has 5 rings (SSSR count). The molecule has 2 aromatic heterocycles. The number of aliphatic hydroxyl groups excluding tert-OH is 1. The van der Waals surface area contributed by atoms with Crippen LogP contribution in [0.4, 0.5) is 0 Å². The van der Waals surface area contributed by atoms with E-state index in [9.17, 15) is 19.5 Å². The number of para-hydroxylation sites is 1. The molecule has 47 heavy (non-hydrogen) atoms. The van der Waals surface area contributed by atoms with Gasteiger partial charge in [0.2, 0.25) is 0 Å². The van der Waals surface area contributed by atoms with Crippen LogP contribution in [-0.2, 0) is 23.0 Å². The molecule has 0 spiro atoms. The van der Waals surface area contributed by atoms with Gasteiger partial charge in [-0.05, 0) is 56.0 Å². The molecule has 1 aliphatic heterocycles. The monoisotopic (exact) mass is 639 g/mol. The van der Waals surface area contributed by atoms with E-state index in [-0.39, 0.29) is 36.2 Å². The predicted octanol–water partition coefficient (Wildman–Crippen LogP) is 3.91. The van der Waals surface area contributed by atoms with Crippen LogP contribution >= 0.6 is 0 Å². The van der Waals surface area contributed by atoms with E-state index in [2.05, 4.69) is 34.5 Å². The van der Waals surface area contributed by atoms with Crippen LogP contribution in [0.3, 0.4) is 0 Å². The minimum Gasteiger partial charge on any atom is -0.394 e. The zero-order valence-electron chi connectivity index (χ0n) is 27.9. The normalized spacial score (nSPS) is 16.8. The fourth-order valence-corrected chi connectivity index (χ4v) is 6.41. The third kappa shape index (κ3) is 7.78. The first-order valence-electron chi connectivity index (χ1n) is 16.1. The number of hydrogen-bond acceptors (Lipinski definition) is 7. The van der Waals surface area contributed by atoms with Crippen LogP contribution in [0, 0.1) is 12.8 Å². The van der Waals surface area contributed by atoms with E-state index in [1.165, 1.54) is 10.1 Å². The molecule has 2 aromatic carbocycles. The molecule has 1 fully saturated rings. The fourth-order valence-electron chi connectivity index (χ4n) is 6.41. The molecule has 0 aliphatic carbocycles. The molecule has 2 N–H and O–H groups in total. The Labute approximate surface area is 276 Å². The van der Waals surface area contributed by atoms with Crippen LogP contribution in [0.25, 0.3) is 16.9 Å². The van der Waals surface area contributed by atoms with Crippen molar-refractivity contribution in [3.05, 3.63) is 106 Å². The molecule has 10 nitrogen and oxygen atoms in total. The van der Waals surface area contributed by atoms with Crippen molar-refractivity contribution in [3.8, 4) is 16.9 Å². The highest BCUT2D eigenvalue weighted by Crippen LogP contribution is 2.36. The van der Waals surface area contributed by atoms with Crippen LogP contribution in [0.1, 0.15) is 53.4 Å². The van der Waals surface area contributed by atoms with Gasteiger partial charge in [-0.25, -0.2) is 4.68 Å². The fraction of sp³-hybridized carbons (Fsp3) is 0.405. The number of aromatic nitrogens is 3. The molecule has 1 aliphatic rings. The summed E-state index contributed by atoms with van der Waals surface area (Å²) < 4.78 is 8.50. The van der Waals surface area contributed by atoms with Crippen LogP contribution in [-0.4, -0.2) is 81.5 Å². The average molecular weight is 640 g/mol. The highest BCUT2D eigenvalue weighted by atomic mass is 16.5. The molecule has 1 saturated heterocycles. The molecular weight excluding hydrogens is 594 g/mol. The van der Waals surface area contributed by atoms with Gasteiger partial charge in [-0.1, -0.05) is 48.5 Å². The number of likely N-dealkylation sites (tertiary alicyclic amines) is 1. The number of aryl methyl sites for hydroxylation is 1. The third-order valence-corrected chi connectivity index (χ3v) is 9.00. The van der Waals surface area contributed by atoms with Gasteiger partial charge < -0.3 is 24.6 Å². The Bertz CT molecular complexity index is 1760. The van der Waals surface area contributed by atoms with Crippen LogP contribution < -0.4 is 10.9 Å². The predicted molar refractivity (Wildman–Crippen MR) is 182 cm³/mol. The first kappa shape index (κ1) is 34.0. The van der Waals surface area contributed by atoms with Crippen molar-refractivity contribution in [1.29, 1.82) is 0 Å². The Hall–Kier alpha value is -4.38. The minimum absolute atomic E-state index is 0.0518. The van der Waals surface area contributed by atoms with E-state index < -0.39 is 17.0 Å². The maximum absolute atomic E-state index is 13.9. The van der Waals surface area contributed by atoms with Crippen molar-refractivity contribution in [2.24, 2.45) is 13.0 Å². The van der Waals surface area contributed by atoms with Gasteiger partial charge in [0.25, 0.3) is 11.5 Å². The smallest absolute Gasteiger partial charge is 0.263 e.